The standard InChI is InChI=1S/C24H18Cl2FN3O3/c1-13-7-17(31-2)4-5-19(13)24(30)33-21(29)10-15-3-6-20(26)23(22(15)27)32-18-9-14(12-28)8-16(25)11-18/h3-9,11,29-30H,10H2,1-2H3. The molecule has 3 rings (SSSR count). The molecular formula is C24H18Cl2FN3O3. The summed E-state index contributed by atoms with van der Waals surface area (Å²) in [7, 11) is 1.54. The predicted octanol–water partition coefficient (Wildman–Crippen LogP) is 6.68. The van der Waals surface area contributed by atoms with Crippen LogP contribution in [0, 0.1) is 34.9 Å². The van der Waals surface area contributed by atoms with E-state index in [9.17, 15) is 0 Å². The molecule has 9 heteroatoms. The highest BCUT2D eigenvalue weighted by atomic mass is 35.5. The number of nitriles is 1. The molecule has 2 N–H and O–H groups in total. The number of ether oxygens (including phenoxy) is 3. The Bertz CT molecular complexity index is 1290. The van der Waals surface area contributed by atoms with Crippen LogP contribution < -0.4 is 9.47 Å². The van der Waals surface area contributed by atoms with Crippen molar-refractivity contribution in [3.8, 4) is 23.3 Å². The molecule has 0 aromatic heterocycles. The van der Waals surface area contributed by atoms with Gasteiger partial charge in [0.15, 0.2) is 17.5 Å². The molecule has 0 fully saturated rings. The minimum absolute atomic E-state index is 0.00350. The van der Waals surface area contributed by atoms with E-state index in [2.05, 4.69) is 0 Å². The summed E-state index contributed by atoms with van der Waals surface area (Å²) in [4.78, 5) is 0. The van der Waals surface area contributed by atoms with Gasteiger partial charge in [-0.3, -0.25) is 10.8 Å². The molecule has 0 saturated carbocycles. The van der Waals surface area contributed by atoms with Crippen LogP contribution in [-0.2, 0) is 11.2 Å². The maximum absolute atomic E-state index is 15.1. The summed E-state index contributed by atoms with van der Waals surface area (Å²) in [5.41, 5.74) is 1.54. The summed E-state index contributed by atoms with van der Waals surface area (Å²) in [5.74, 6) is -0.863. The van der Waals surface area contributed by atoms with Crippen LogP contribution in [0.25, 0.3) is 0 Å². The molecule has 6 nitrogen and oxygen atoms in total. The van der Waals surface area contributed by atoms with Crippen LogP contribution in [0.3, 0.4) is 0 Å². The minimum atomic E-state index is -0.790. The van der Waals surface area contributed by atoms with Gasteiger partial charge >= 0.3 is 0 Å². The van der Waals surface area contributed by atoms with Crippen LogP contribution in [0.2, 0.25) is 10.0 Å². The van der Waals surface area contributed by atoms with E-state index in [0.717, 1.165) is 5.56 Å². The highest BCUT2D eigenvalue weighted by Crippen LogP contribution is 2.35. The van der Waals surface area contributed by atoms with Crippen LogP contribution in [0.5, 0.6) is 17.2 Å². The molecule has 0 aliphatic rings. The number of hydrogen-bond acceptors (Lipinski definition) is 6. The van der Waals surface area contributed by atoms with E-state index in [1.807, 2.05) is 6.07 Å². The van der Waals surface area contributed by atoms with Gasteiger partial charge in [-0.15, -0.1) is 0 Å². The lowest BCUT2D eigenvalue weighted by molar-refractivity contribution is 0.414. The minimum Gasteiger partial charge on any atom is -0.497 e. The number of aryl methyl sites for hydroxylation is 1. The monoisotopic (exact) mass is 485 g/mol. The van der Waals surface area contributed by atoms with Gasteiger partial charge in [-0.05, 0) is 55.0 Å². The van der Waals surface area contributed by atoms with Crippen molar-refractivity contribution >= 4 is 35.0 Å². The third kappa shape index (κ3) is 5.80. The van der Waals surface area contributed by atoms with E-state index >= 15 is 4.39 Å². The van der Waals surface area contributed by atoms with E-state index in [1.54, 1.807) is 32.2 Å². The van der Waals surface area contributed by atoms with Crippen molar-refractivity contribution in [2.75, 3.05) is 7.11 Å². The summed E-state index contributed by atoms with van der Waals surface area (Å²) in [6.45, 7) is 1.79. The molecule has 3 aromatic carbocycles. The molecule has 0 aliphatic carbocycles. The van der Waals surface area contributed by atoms with Gasteiger partial charge in [0.2, 0.25) is 5.90 Å². The first-order valence-corrected chi connectivity index (χ1v) is 10.3. The fourth-order valence-electron chi connectivity index (χ4n) is 3.01. The third-order valence-electron chi connectivity index (χ3n) is 4.60. The largest absolute Gasteiger partial charge is 0.497 e. The molecule has 0 unspecified atom stereocenters. The van der Waals surface area contributed by atoms with Crippen LogP contribution in [0.4, 0.5) is 4.39 Å². The molecule has 0 atom stereocenters. The van der Waals surface area contributed by atoms with Gasteiger partial charge in [0.05, 0.1) is 30.2 Å². The predicted molar refractivity (Wildman–Crippen MR) is 125 cm³/mol. The Morgan fingerprint density at radius 1 is 1.06 bits per heavy atom. The molecule has 33 heavy (non-hydrogen) atoms. The number of methoxy groups -OCH3 is 1. The Hall–Kier alpha value is -3.60. The van der Waals surface area contributed by atoms with E-state index in [0.29, 0.717) is 11.3 Å². The SMILES string of the molecule is COc1ccc(C(=N)OC(=N)Cc2ccc(Cl)c(Oc3cc(Cl)cc(C#N)c3)c2F)c(C)c1. The molecule has 168 valence electrons. The van der Waals surface area contributed by atoms with Crippen molar-refractivity contribution in [3.63, 3.8) is 0 Å². The summed E-state index contributed by atoms with van der Waals surface area (Å²) in [6.07, 6.45) is -0.240. The summed E-state index contributed by atoms with van der Waals surface area (Å²) in [5, 5.41) is 25.6. The van der Waals surface area contributed by atoms with Crippen LogP contribution in [0.1, 0.15) is 22.3 Å². The van der Waals surface area contributed by atoms with Crippen LogP contribution in [-0.4, -0.2) is 18.9 Å². The maximum atomic E-state index is 15.1. The van der Waals surface area contributed by atoms with E-state index in [4.69, 9.17) is 53.5 Å². The van der Waals surface area contributed by atoms with Crippen molar-refractivity contribution in [3.05, 3.63) is 86.6 Å². The zero-order valence-electron chi connectivity index (χ0n) is 17.6. The summed E-state index contributed by atoms with van der Waals surface area (Å²) < 4.78 is 31.2. The first-order chi connectivity index (χ1) is 15.7. The Kier molecular flexibility index (Phi) is 7.54. The fourth-order valence-corrected chi connectivity index (χ4v) is 3.42. The Morgan fingerprint density at radius 2 is 1.82 bits per heavy atom. The van der Waals surface area contributed by atoms with Crippen molar-refractivity contribution in [1.82, 2.24) is 0 Å². The van der Waals surface area contributed by atoms with Gasteiger partial charge < -0.3 is 14.2 Å². The van der Waals surface area contributed by atoms with Crippen molar-refractivity contribution in [2.24, 2.45) is 0 Å². The van der Waals surface area contributed by atoms with Crippen molar-refractivity contribution in [1.29, 1.82) is 16.1 Å². The highest BCUT2D eigenvalue weighted by Gasteiger charge is 2.18. The molecule has 0 spiro atoms. The van der Waals surface area contributed by atoms with Gasteiger partial charge in [-0.1, -0.05) is 29.3 Å². The fraction of sp³-hybridized carbons (Fsp3) is 0.125. The summed E-state index contributed by atoms with van der Waals surface area (Å²) in [6, 6.07) is 14.1. The topological polar surface area (TPSA) is 99.2 Å². The van der Waals surface area contributed by atoms with Gasteiger partial charge in [0, 0.05) is 16.1 Å². The van der Waals surface area contributed by atoms with Gasteiger partial charge in [0.1, 0.15) is 11.5 Å². The normalized spacial score (nSPS) is 10.3. The van der Waals surface area contributed by atoms with E-state index < -0.39 is 5.82 Å². The van der Waals surface area contributed by atoms with Crippen molar-refractivity contribution < 1.29 is 18.6 Å². The number of nitrogens with zero attached hydrogens (tertiary/aromatic N) is 1. The quantitative estimate of drug-likeness (QED) is 0.300. The number of rotatable bonds is 6. The van der Waals surface area contributed by atoms with Gasteiger partial charge in [-0.2, -0.15) is 5.26 Å². The van der Waals surface area contributed by atoms with E-state index in [-0.39, 0.29) is 50.9 Å². The maximum Gasteiger partial charge on any atom is 0.221 e. The molecular weight excluding hydrogens is 468 g/mol. The number of benzene rings is 3. The Morgan fingerprint density at radius 3 is 2.48 bits per heavy atom. The molecule has 0 bridgehead atoms. The molecule has 0 radical (unpaired) electrons. The smallest absolute Gasteiger partial charge is 0.221 e. The number of nitrogens with one attached hydrogen (secondary N) is 2. The van der Waals surface area contributed by atoms with Crippen molar-refractivity contribution in [2.45, 2.75) is 13.3 Å². The second-order valence-corrected chi connectivity index (χ2v) is 7.79. The lowest BCUT2D eigenvalue weighted by atomic mass is 10.1. The average molecular weight is 486 g/mol. The van der Waals surface area contributed by atoms with E-state index in [1.165, 1.54) is 30.3 Å². The van der Waals surface area contributed by atoms with Crippen LogP contribution in [0.15, 0.2) is 48.5 Å². The Balaban J connectivity index is 1.78. The summed E-state index contributed by atoms with van der Waals surface area (Å²) >= 11 is 12.1. The second-order valence-electron chi connectivity index (χ2n) is 6.95. The third-order valence-corrected chi connectivity index (χ3v) is 5.12. The number of halogens is 3. The first-order valence-electron chi connectivity index (χ1n) is 9.56. The zero-order chi connectivity index (χ0) is 24.1. The molecule has 0 heterocycles. The highest BCUT2D eigenvalue weighted by molar-refractivity contribution is 6.32. The molecule has 0 amide bonds. The lowest BCUT2D eigenvalue weighted by Crippen LogP contribution is -2.16. The second kappa shape index (κ2) is 10.3. The van der Waals surface area contributed by atoms with Crippen LogP contribution >= 0.6 is 23.2 Å². The van der Waals surface area contributed by atoms with Gasteiger partial charge in [0.25, 0.3) is 0 Å². The lowest BCUT2D eigenvalue weighted by Gasteiger charge is -2.14. The molecule has 0 saturated heterocycles. The molecule has 3 aromatic rings. The zero-order valence-corrected chi connectivity index (χ0v) is 19.1. The van der Waals surface area contributed by atoms with Gasteiger partial charge in [-0.25, -0.2) is 4.39 Å². The number of hydrogen-bond donors (Lipinski definition) is 2. The molecule has 0 aliphatic heterocycles. The Labute approximate surface area is 200 Å². The average Bonchev–Trinajstić information content (AvgIpc) is 2.77. The first kappa shape index (κ1) is 24.1.